The maximum Gasteiger partial charge on any atom is 0.246 e. The molecule has 0 spiro atoms. The molecule has 8 heteroatoms. The fourth-order valence-electron chi connectivity index (χ4n) is 2.91. The average Bonchev–Trinajstić information content (AvgIpc) is 2.95. The molecule has 0 saturated heterocycles. The highest BCUT2D eigenvalue weighted by molar-refractivity contribution is 7.91. The molecule has 0 aliphatic rings. The Bertz CT molecular complexity index is 967. The van der Waals surface area contributed by atoms with Crippen molar-refractivity contribution in [2.45, 2.75) is 44.8 Å². The molecule has 0 fully saturated rings. The Balaban J connectivity index is 1.82. The first kappa shape index (κ1) is 17.5. The predicted molar refractivity (Wildman–Crippen MR) is 95.0 cm³/mol. The van der Waals surface area contributed by atoms with Crippen LogP contribution in [0.1, 0.15) is 31.2 Å². The Hall–Kier alpha value is -2.35. The number of hydrogen-bond acceptors (Lipinski definition) is 6. The molecule has 0 saturated carbocycles. The molecule has 0 bridgehead atoms. The lowest BCUT2D eigenvalue weighted by Gasteiger charge is -2.10. The van der Waals surface area contributed by atoms with Gasteiger partial charge in [0, 0.05) is 31.6 Å². The van der Waals surface area contributed by atoms with Gasteiger partial charge in [0.1, 0.15) is 11.3 Å². The summed E-state index contributed by atoms with van der Waals surface area (Å²) in [5, 5.41) is -0.111. The molecule has 3 aromatic heterocycles. The number of fused-ring (bicyclic) bond motifs is 1. The average molecular weight is 359 g/mol. The largest absolute Gasteiger partial charge is 0.328 e. The second-order valence-corrected chi connectivity index (χ2v) is 7.96. The Morgan fingerprint density at radius 3 is 2.64 bits per heavy atom. The van der Waals surface area contributed by atoms with Gasteiger partial charge in [-0.2, -0.15) is 0 Å². The van der Waals surface area contributed by atoms with Crippen molar-refractivity contribution in [2.75, 3.05) is 5.75 Å². The minimum Gasteiger partial charge on any atom is -0.328 e. The molecule has 0 amide bonds. The molecule has 0 aromatic carbocycles. The SMILES string of the molecule is CCCc1nc2cncc(C)c2n1CCCS(=O)(=O)c1ncccn1. The zero-order valence-corrected chi connectivity index (χ0v) is 15.2. The number of pyridine rings is 1. The Labute approximate surface area is 147 Å². The number of imidazole rings is 1. The molecular formula is C17H21N5O2S. The van der Waals surface area contributed by atoms with E-state index in [1.165, 1.54) is 12.4 Å². The van der Waals surface area contributed by atoms with E-state index in [0.717, 1.165) is 35.3 Å². The molecule has 0 N–H and O–H groups in total. The van der Waals surface area contributed by atoms with Crippen LogP contribution < -0.4 is 0 Å². The molecule has 3 rings (SSSR count). The number of hydrogen-bond donors (Lipinski definition) is 0. The molecular weight excluding hydrogens is 338 g/mol. The molecule has 0 radical (unpaired) electrons. The highest BCUT2D eigenvalue weighted by atomic mass is 32.2. The van der Waals surface area contributed by atoms with Crippen molar-refractivity contribution in [3.63, 3.8) is 0 Å². The van der Waals surface area contributed by atoms with Crippen LogP contribution in [0.25, 0.3) is 11.0 Å². The fourth-order valence-corrected chi connectivity index (χ4v) is 4.05. The fraction of sp³-hybridized carbons (Fsp3) is 0.412. The van der Waals surface area contributed by atoms with Crippen LogP contribution in [0.5, 0.6) is 0 Å². The monoisotopic (exact) mass is 359 g/mol. The third kappa shape index (κ3) is 3.68. The second kappa shape index (κ2) is 7.26. The Morgan fingerprint density at radius 1 is 1.16 bits per heavy atom. The van der Waals surface area contributed by atoms with E-state index in [1.54, 1.807) is 12.3 Å². The summed E-state index contributed by atoms with van der Waals surface area (Å²) in [6.07, 6.45) is 8.76. The van der Waals surface area contributed by atoms with Crippen LogP contribution in [0, 0.1) is 6.92 Å². The Kier molecular flexibility index (Phi) is 5.08. The van der Waals surface area contributed by atoms with E-state index in [1.807, 2.05) is 13.1 Å². The zero-order chi connectivity index (χ0) is 17.9. The second-order valence-electron chi connectivity index (χ2n) is 5.96. The zero-order valence-electron chi connectivity index (χ0n) is 14.4. The molecule has 0 aliphatic carbocycles. The molecule has 7 nitrogen and oxygen atoms in total. The van der Waals surface area contributed by atoms with E-state index in [2.05, 4.69) is 31.4 Å². The van der Waals surface area contributed by atoms with Crippen LogP contribution in [0.2, 0.25) is 0 Å². The lowest BCUT2D eigenvalue weighted by atomic mass is 10.2. The van der Waals surface area contributed by atoms with Gasteiger partial charge in [-0.15, -0.1) is 0 Å². The smallest absolute Gasteiger partial charge is 0.246 e. The maximum atomic E-state index is 12.3. The number of rotatable bonds is 7. The van der Waals surface area contributed by atoms with Crippen LogP contribution >= 0.6 is 0 Å². The number of aryl methyl sites for hydroxylation is 3. The Morgan fingerprint density at radius 2 is 1.92 bits per heavy atom. The molecule has 3 aromatic rings. The molecule has 0 unspecified atom stereocenters. The summed E-state index contributed by atoms with van der Waals surface area (Å²) in [6, 6.07) is 1.60. The minimum atomic E-state index is -3.47. The molecule has 0 atom stereocenters. The third-order valence-corrected chi connectivity index (χ3v) is 5.59. The van der Waals surface area contributed by atoms with Crippen molar-refractivity contribution in [1.29, 1.82) is 0 Å². The maximum absolute atomic E-state index is 12.3. The number of aromatic nitrogens is 5. The van der Waals surface area contributed by atoms with E-state index in [0.29, 0.717) is 13.0 Å². The quantitative estimate of drug-likeness (QED) is 0.601. The topological polar surface area (TPSA) is 90.6 Å². The van der Waals surface area contributed by atoms with Gasteiger partial charge in [-0.25, -0.2) is 23.4 Å². The molecule has 0 aliphatic heterocycles. The lowest BCUT2D eigenvalue weighted by molar-refractivity contribution is 0.575. The van der Waals surface area contributed by atoms with E-state index >= 15 is 0 Å². The van der Waals surface area contributed by atoms with Crippen molar-refractivity contribution in [3.05, 3.63) is 42.2 Å². The van der Waals surface area contributed by atoms with Crippen molar-refractivity contribution < 1.29 is 8.42 Å². The summed E-state index contributed by atoms with van der Waals surface area (Å²) >= 11 is 0. The van der Waals surface area contributed by atoms with Gasteiger partial charge in [0.25, 0.3) is 0 Å². The summed E-state index contributed by atoms with van der Waals surface area (Å²) in [5.41, 5.74) is 2.94. The van der Waals surface area contributed by atoms with Crippen molar-refractivity contribution >= 4 is 20.9 Å². The van der Waals surface area contributed by atoms with Crippen LogP contribution in [0.3, 0.4) is 0 Å². The normalized spacial score (nSPS) is 11.9. The van der Waals surface area contributed by atoms with E-state index in [-0.39, 0.29) is 10.9 Å². The van der Waals surface area contributed by atoms with Gasteiger partial charge in [0.2, 0.25) is 15.0 Å². The number of sulfone groups is 1. The molecule has 132 valence electrons. The lowest BCUT2D eigenvalue weighted by Crippen LogP contribution is -2.14. The molecule has 25 heavy (non-hydrogen) atoms. The highest BCUT2D eigenvalue weighted by Gasteiger charge is 2.18. The first-order chi connectivity index (χ1) is 12.0. The van der Waals surface area contributed by atoms with Crippen LogP contribution in [0.4, 0.5) is 0 Å². The van der Waals surface area contributed by atoms with Crippen LogP contribution in [-0.2, 0) is 22.8 Å². The van der Waals surface area contributed by atoms with Gasteiger partial charge in [-0.05, 0) is 31.4 Å². The van der Waals surface area contributed by atoms with Crippen molar-refractivity contribution in [3.8, 4) is 0 Å². The van der Waals surface area contributed by atoms with Crippen LogP contribution in [0.15, 0.2) is 36.0 Å². The summed E-state index contributed by atoms with van der Waals surface area (Å²) in [4.78, 5) is 16.6. The summed E-state index contributed by atoms with van der Waals surface area (Å²) in [5.74, 6) is 0.980. The van der Waals surface area contributed by atoms with Gasteiger partial charge in [-0.3, -0.25) is 4.98 Å². The standard InChI is InChI=1S/C17H21N5O2S/c1-3-6-15-21-14-12-18-11-13(2)16(14)22(15)9-5-10-25(23,24)17-19-7-4-8-20-17/h4,7-8,11-12H,3,5-6,9-10H2,1-2H3. The first-order valence-corrected chi connectivity index (χ1v) is 9.97. The van der Waals surface area contributed by atoms with Gasteiger partial charge in [0.05, 0.1) is 17.5 Å². The summed E-state index contributed by atoms with van der Waals surface area (Å²) in [7, 11) is -3.47. The van der Waals surface area contributed by atoms with Crippen molar-refractivity contribution in [1.82, 2.24) is 24.5 Å². The highest BCUT2D eigenvalue weighted by Crippen LogP contribution is 2.21. The predicted octanol–water partition coefficient (Wildman–Crippen LogP) is 2.35. The summed E-state index contributed by atoms with van der Waals surface area (Å²) in [6.45, 7) is 4.69. The van der Waals surface area contributed by atoms with Gasteiger partial charge in [-0.1, -0.05) is 6.92 Å². The van der Waals surface area contributed by atoms with Crippen molar-refractivity contribution in [2.24, 2.45) is 0 Å². The first-order valence-electron chi connectivity index (χ1n) is 8.32. The van der Waals surface area contributed by atoms with Gasteiger partial charge in [0.15, 0.2) is 0 Å². The van der Waals surface area contributed by atoms with Crippen LogP contribution in [-0.4, -0.2) is 38.7 Å². The molecule has 3 heterocycles. The summed E-state index contributed by atoms with van der Waals surface area (Å²) < 4.78 is 26.8. The van der Waals surface area contributed by atoms with E-state index in [4.69, 9.17) is 0 Å². The van der Waals surface area contributed by atoms with Gasteiger partial charge >= 0.3 is 0 Å². The third-order valence-electron chi connectivity index (χ3n) is 4.00. The van der Waals surface area contributed by atoms with E-state index < -0.39 is 9.84 Å². The number of nitrogens with zero attached hydrogens (tertiary/aromatic N) is 5. The van der Waals surface area contributed by atoms with Gasteiger partial charge < -0.3 is 4.57 Å². The van der Waals surface area contributed by atoms with E-state index in [9.17, 15) is 8.42 Å². The minimum absolute atomic E-state index is 0.00633.